The Balaban J connectivity index is 1.37. The predicted octanol–water partition coefficient (Wildman–Crippen LogP) is 3.44. The molecule has 0 unspecified atom stereocenters. The highest BCUT2D eigenvalue weighted by atomic mass is 16.1. The quantitative estimate of drug-likeness (QED) is 0.772. The van der Waals surface area contributed by atoms with Gasteiger partial charge in [0.2, 0.25) is 0 Å². The van der Waals surface area contributed by atoms with Gasteiger partial charge in [0.15, 0.2) is 5.65 Å². The SMILES string of the molecule is O=c1[nH]c2ncccc2n1C1CCN([C@@H]2CCCc3ccccc32)CC1. The maximum Gasteiger partial charge on any atom is 0.327 e. The molecule has 3 heterocycles. The van der Waals surface area contributed by atoms with Gasteiger partial charge in [0.1, 0.15) is 0 Å². The lowest BCUT2D eigenvalue weighted by atomic mass is 9.86. The van der Waals surface area contributed by atoms with Crippen LogP contribution in [0.15, 0.2) is 47.4 Å². The summed E-state index contributed by atoms with van der Waals surface area (Å²) in [7, 11) is 0. The third-order valence-electron chi connectivity index (χ3n) is 6.13. The topological polar surface area (TPSA) is 53.9 Å². The van der Waals surface area contributed by atoms with Crippen molar-refractivity contribution in [2.45, 2.75) is 44.2 Å². The van der Waals surface area contributed by atoms with E-state index < -0.39 is 0 Å². The number of fused-ring (bicyclic) bond motifs is 2. The molecule has 5 rings (SSSR count). The van der Waals surface area contributed by atoms with Gasteiger partial charge in [-0.3, -0.25) is 14.5 Å². The van der Waals surface area contributed by atoms with Gasteiger partial charge in [-0.2, -0.15) is 0 Å². The zero-order valence-corrected chi connectivity index (χ0v) is 14.9. The summed E-state index contributed by atoms with van der Waals surface area (Å²) in [4.78, 5) is 22.2. The van der Waals surface area contributed by atoms with Crippen molar-refractivity contribution in [2.75, 3.05) is 13.1 Å². The third kappa shape index (κ3) is 2.58. The van der Waals surface area contributed by atoms with Crippen molar-refractivity contribution in [3.8, 4) is 0 Å². The second-order valence-corrected chi connectivity index (χ2v) is 7.55. The maximum absolute atomic E-state index is 12.4. The summed E-state index contributed by atoms with van der Waals surface area (Å²) in [6.07, 6.45) is 7.49. The van der Waals surface area contributed by atoms with Crippen molar-refractivity contribution in [1.82, 2.24) is 19.4 Å². The standard InChI is InChI=1S/C21H24N4O/c26-21-23-20-19(9-4-12-22-20)25(21)16-10-13-24(14-11-16)18-8-3-6-15-5-1-2-7-17(15)18/h1-2,4-5,7,9,12,16,18H,3,6,8,10-11,13-14H2,(H,22,23,26)/t18-/m1/s1. The highest BCUT2D eigenvalue weighted by molar-refractivity contribution is 5.70. The Morgan fingerprint density at radius 3 is 2.77 bits per heavy atom. The van der Waals surface area contributed by atoms with Crippen LogP contribution in [0.4, 0.5) is 0 Å². The number of likely N-dealkylation sites (tertiary alicyclic amines) is 1. The van der Waals surface area contributed by atoms with E-state index in [0.717, 1.165) is 31.4 Å². The summed E-state index contributed by atoms with van der Waals surface area (Å²) in [5.41, 5.74) is 4.63. The number of nitrogens with one attached hydrogen (secondary N) is 1. The molecule has 2 aliphatic rings. The Labute approximate surface area is 152 Å². The predicted molar refractivity (Wildman–Crippen MR) is 102 cm³/mol. The Morgan fingerprint density at radius 1 is 1.04 bits per heavy atom. The van der Waals surface area contributed by atoms with Crippen LogP contribution < -0.4 is 5.69 Å². The van der Waals surface area contributed by atoms with Crippen molar-refractivity contribution in [3.05, 3.63) is 64.2 Å². The first kappa shape index (κ1) is 15.8. The molecule has 26 heavy (non-hydrogen) atoms. The van der Waals surface area contributed by atoms with Gasteiger partial charge in [0.05, 0.1) is 5.52 Å². The first-order valence-corrected chi connectivity index (χ1v) is 9.68. The van der Waals surface area contributed by atoms with E-state index in [1.807, 2.05) is 16.7 Å². The summed E-state index contributed by atoms with van der Waals surface area (Å²) >= 11 is 0. The van der Waals surface area contributed by atoms with Gasteiger partial charge in [0.25, 0.3) is 0 Å². The summed E-state index contributed by atoms with van der Waals surface area (Å²) in [5.74, 6) is 0. The molecule has 1 atom stereocenters. The minimum Gasteiger partial charge on any atom is -0.296 e. The van der Waals surface area contributed by atoms with Gasteiger partial charge in [-0.15, -0.1) is 0 Å². The van der Waals surface area contributed by atoms with Crippen molar-refractivity contribution in [2.24, 2.45) is 0 Å². The largest absolute Gasteiger partial charge is 0.327 e. The highest BCUT2D eigenvalue weighted by Crippen LogP contribution is 2.37. The second kappa shape index (κ2) is 6.40. The molecule has 0 saturated carbocycles. The number of H-pyrrole nitrogens is 1. The molecule has 1 saturated heterocycles. The Hall–Kier alpha value is -2.40. The van der Waals surface area contributed by atoms with Crippen LogP contribution in [0.2, 0.25) is 0 Å². The van der Waals surface area contributed by atoms with Gasteiger partial charge in [0, 0.05) is 31.4 Å². The summed E-state index contributed by atoms with van der Waals surface area (Å²) in [5, 5.41) is 0. The minimum atomic E-state index is -0.0276. The molecule has 0 bridgehead atoms. The zero-order valence-electron chi connectivity index (χ0n) is 14.9. The average molecular weight is 348 g/mol. The third-order valence-corrected chi connectivity index (χ3v) is 6.13. The first-order valence-electron chi connectivity index (χ1n) is 9.68. The number of hydrogen-bond donors (Lipinski definition) is 1. The van der Waals surface area contributed by atoms with Crippen LogP contribution in [0.1, 0.15) is 48.9 Å². The molecule has 5 heteroatoms. The Bertz CT molecular complexity index is 981. The number of rotatable bonds is 2. The smallest absolute Gasteiger partial charge is 0.296 e. The molecule has 1 N–H and O–H groups in total. The van der Waals surface area contributed by atoms with Crippen LogP contribution in [0.5, 0.6) is 0 Å². The average Bonchev–Trinajstić information content (AvgIpc) is 3.03. The number of benzene rings is 1. The number of imidazole rings is 1. The number of aromatic nitrogens is 3. The van der Waals surface area contributed by atoms with Gasteiger partial charge in [-0.1, -0.05) is 24.3 Å². The molecule has 134 valence electrons. The summed E-state index contributed by atoms with van der Waals surface area (Å²) in [6.45, 7) is 2.09. The van der Waals surface area contributed by atoms with E-state index in [2.05, 4.69) is 39.1 Å². The molecule has 5 nitrogen and oxygen atoms in total. The van der Waals surface area contributed by atoms with Crippen LogP contribution in [0, 0.1) is 0 Å². The lowest BCUT2D eigenvalue weighted by Gasteiger charge is -2.40. The molecule has 1 aromatic carbocycles. The molecule has 1 fully saturated rings. The Morgan fingerprint density at radius 2 is 1.88 bits per heavy atom. The van der Waals surface area contributed by atoms with Crippen molar-refractivity contribution in [1.29, 1.82) is 0 Å². The number of aromatic amines is 1. The molecule has 1 aliphatic heterocycles. The van der Waals surface area contributed by atoms with Crippen molar-refractivity contribution >= 4 is 11.2 Å². The molecule has 0 radical (unpaired) electrons. The molecular weight excluding hydrogens is 324 g/mol. The minimum absolute atomic E-state index is 0.0276. The second-order valence-electron chi connectivity index (χ2n) is 7.55. The fraction of sp³-hybridized carbons (Fsp3) is 0.429. The number of hydrogen-bond acceptors (Lipinski definition) is 3. The van der Waals surface area contributed by atoms with Crippen LogP contribution in [-0.4, -0.2) is 32.5 Å². The number of piperidine rings is 1. The number of aryl methyl sites for hydroxylation is 1. The molecule has 3 aromatic rings. The molecule has 0 spiro atoms. The van der Waals surface area contributed by atoms with Crippen molar-refractivity contribution in [3.63, 3.8) is 0 Å². The van der Waals surface area contributed by atoms with Crippen molar-refractivity contribution < 1.29 is 0 Å². The van der Waals surface area contributed by atoms with E-state index >= 15 is 0 Å². The zero-order chi connectivity index (χ0) is 17.5. The van der Waals surface area contributed by atoms with E-state index in [9.17, 15) is 4.79 Å². The molecule has 0 amide bonds. The van der Waals surface area contributed by atoms with E-state index in [0.29, 0.717) is 11.7 Å². The fourth-order valence-electron chi connectivity index (χ4n) is 4.88. The van der Waals surface area contributed by atoms with E-state index in [1.165, 1.54) is 30.4 Å². The Kier molecular flexibility index (Phi) is 3.89. The first-order chi connectivity index (χ1) is 12.8. The summed E-state index contributed by atoms with van der Waals surface area (Å²) in [6, 6.07) is 13.6. The summed E-state index contributed by atoms with van der Waals surface area (Å²) < 4.78 is 1.93. The van der Waals surface area contributed by atoms with E-state index in [4.69, 9.17) is 0 Å². The lowest BCUT2D eigenvalue weighted by molar-refractivity contribution is 0.123. The molecule has 1 aliphatic carbocycles. The normalized spacial score (nSPS) is 21.8. The van der Waals surface area contributed by atoms with Gasteiger partial charge in [-0.05, 0) is 55.4 Å². The van der Waals surface area contributed by atoms with Gasteiger partial charge in [-0.25, -0.2) is 9.78 Å². The number of pyridine rings is 1. The maximum atomic E-state index is 12.4. The van der Waals surface area contributed by atoms with Crippen LogP contribution in [0.3, 0.4) is 0 Å². The van der Waals surface area contributed by atoms with E-state index in [-0.39, 0.29) is 11.7 Å². The molecule has 2 aromatic heterocycles. The number of nitrogens with zero attached hydrogens (tertiary/aromatic N) is 3. The van der Waals surface area contributed by atoms with Crippen LogP contribution >= 0.6 is 0 Å². The lowest BCUT2D eigenvalue weighted by Crippen LogP contribution is -2.40. The fourth-order valence-corrected chi connectivity index (χ4v) is 4.88. The van der Waals surface area contributed by atoms with Gasteiger partial charge >= 0.3 is 5.69 Å². The van der Waals surface area contributed by atoms with Gasteiger partial charge < -0.3 is 0 Å². The van der Waals surface area contributed by atoms with Crippen LogP contribution in [0.25, 0.3) is 11.2 Å². The monoisotopic (exact) mass is 348 g/mol. The molecular formula is C21H24N4O. The van der Waals surface area contributed by atoms with E-state index in [1.54, 1.807) is 6.20 Å². The highest BCUT2D eigenvalue weighted by Gasteiger charge is 2.30. The van der Waals surface area contributed by atoms with Crippen LogP contribution in [-0.2, 0) is 6.42 Å².